The van der Waals surface area contributed by atoms with Crippen LogP contribution in [0.15, 0.2) is 11.4 Å². The lowest BCUT2D eigenvalue weighted by Gasteiger charge is -2.24. The maximum atomic E-state index is 11.8. The van der Waals surface area contributed by atoms with Crippen molar-refractivity contribution in [3.63, 3.8) is 0 Å². The zero-order valence-electron chi connectivity index (χ0n) is 15.4. The van der Waals surface area contributed by atoms with Crippen molar-refractivity contribution in [1.82, 2.24) is 10.6 Å². The quantitative estimate of drug-likeness (QED) is 0.746. The number of nitrogens with one attached hydrogen (secondary N) is 2. The molecule has 132 valence electrons. The van der Waals surface area contributed by atoms with E-state index in [1.807, 2.05) is 20.8 Å². The third-order valence-corrected chi connectivity index (χ3v) is 4.72. The molecule has 0 aromatic carbocycles. The summed E-state index contributed by atoms with van der Waals surface area (Å²) >= 11 is 1.81. The molecule has 0 saturated heterocycles. The summed E-state index contributed by atoms with van der Waals surface area (Å²) in [5.41, 5.74) is 0.973. The molecule has 0 aliphatic heterocycles. The SMILES string of the molecule is CCc1ccsc1CNCC(CNC(=O)OC(C)(C)C)C(C)C. The van der Waals surface area contributed by atoms with E-state index < -0.39 is 5.60 Å². The molecule has 0 saturated carbocycles. The van der Waals surface area contributed by atoms with E-state index in [0.717, 1.165) is 19.5 Å². The van der Waals surface area contributed by atoms with E-state index in [-0.39, 0.29) is 6.09 Å². The Kier molecular flexibility index (Phi) is 8.06. The minimum Gasteiger partial charge on any atom is -0.444 e. The molecule has 23 heavy (non-hydrogen) atoms. The van der Waals surface area contributed by atoms with Gasteiger partial charge in [-0.05, 0) is 56.0 Å². The molecule has 0 bridgehead atoms. The van der Waals surface area contributed by atoms with Crippen molar-refractivity contribution in [2.24, 2.45) is 11.8 Å². The van der Waals surface area contributed by atoms with Gasteiger partial charge in [0.2, 0.25) is 0 Å². The van der Waals surface area contributed by atoms with Gasteiger partial charge < -0.3 is 15.4 Å². The van der Waals surface area contributed by atoms with Crippen molar-refractivity contribution in [2.75, 3.05) is 13.1 Å². The van der Waals surface area contributed by atoms with Gasteiger partial charge in [-0.15, -0.1) is 11.3 Å². The number of carbonyl (C=O) groups excluding carboxylic acids is 1. The van der Waals surface area contributed by atoms with Crippen molar-refractivity contribution < 1.29 is 9.53 Å². The molecule has 0 fully saturated rings. The normalized spacial score (nSPS) is 13.2. The smallest absolute Gasteiger partial charge is 0.407 e. The Morgan fingerprint density at radius 1 is 1.30 bits per heavy atom. The van der Waals surface area contributed by atoms with Crippen LogP contribution in [-0.2, 0) is 17.7 Å². The summed E-state index contributed by atoms with van der Waals surface area (Å²) < 4.78 is 5.29. The summed E-state index contributed by atoms with van der Waals surface area (Å²) in [4.78, 5) is 13.2. The van der Waals surface area contributed by atoms with Crippen LogP contribution in [0.25, 0.3) is 0 Å². The molecule has 1 heterocycles. The standard InChI is InChI=1S/C18H32N2O2S/c1-7-14-8-9-23-16(14)12-19-10-15(13(2)3)11-20-17(21)22-18(4,5)6/h8-9,13,15,19H,7,10-12H2,1-6H3,(H,20,21). The largest absolute Gasteiger partial charge is 0.444 e. The molecule has 0 spiro atoms. The Morgan fingerprint density at radius 3 is 2.57 bits per heavy atom. The molecular formula is C18H32N2O2S. The summed E-state index contributed by atoms with van der Waals surface area (Å²) in [6.45, 7) is 14.6. The van der Waals surface area contributed by atoms with E-state index in [9.17, 15) is 4.79 Å². The van der Waals surface area contributed by atoms with Crippen molar-refractivity contribution >= 4 is 17.4 Å². The van der Waals surface area contributed by atoms with E-state index in [1.165, 1.54) is 10.4 Å². The van der Waals surface area contributed by atoms with Crippen molar-refractivity contribution in [3.05, 3.63) is 21.9 Å². The zero-order valence-corrected chi connectivity index (χ0v) is 16.2. The lowest BCUT2D eigenvalue weighted by atomic mass is 9.96. The number of alkyl carbamates (subject to hydrolysis) is 1. The Hall–Kier alpha value is -1.07. The predicted molar refractivity (Wildman–Crippen MR) is 98.0 cm³/mol. The van der Waals surface area contributed by atoms with Crippen LogP contribution in [0.5, 0.6) is 0 Å². The lowest BCUT2D eigenvalue weighted by molar-refractivity contribution is 0.0515. The van der Waals surface area contributed by atoms with Crippen LogP contribution in [0.1, 0.15) is 52.0 Å². The summed E-state index contributed by atoms with van der Waals surface area (Å²) in [5, 5.41) is 8.58. The molecular weight excluding hydrogens is 308 g/mol. The number of aryl methyl sites for hydroxylation is 1. The number of hydrogen-bond donors (Lipinski definition) is 2. The van der Waals surface area contributed by atoms with Crippen molar-refractivity contribution in [3.8, 4) is 0 Å². The predicted octanol–water partition coefficient (Wildman–Crippen LogP) is 4.20. The van der Waals surface area contributed by atoms with Gasteiger partial charge >= 0.3 is 6.09 Å². The molecule has 1 aromatic rings. The monoisotopic (exact) mass is 340 g/mol. The molecule has 2 N–H and O–H groups in total. The fourth-order valence-electron chi connectivity index (χ4n) is 2.28. The highest BCUT2D eigenvalue weighted by Crippen LogP contribution is 2.17. The number of amides is 1. The van der Waals surface area contributed by atoms with E-state index in [2.05, 4.69) is 42.9 Å². The Balaban J connectivity index is 2.39. The summed E-state index contributed by atoms with van der Waals surface area (Å²) in [7, 11) is 0. The summed E-state index contributed by atoms with van der Waals surface area (Å²) in [6.07, 6.45) is 0.739. The molecule has 5 heteroatoms. The number of thiophene rings is 1. The molecule has 0 radical (unpaired) electrons. The second-order valence-electron chi connectivity index (χ2n) is 7.24. The van der Waals surface area contributed by atoms with Crippen LogP contribution in [0.3, 0.4) is 0 Å². The van der Waals surface area contributed by atoms with Crippen LogP contribution >= 0.6 is 11.3 Å². The number of rotatable bonds is 8. The van der Waals surface area contributed by atoms with E-state index in [4.69, 9.17) is 4.74 Å². The van der Waals surface area contributed by atoms with Crippen molar-refractivity contribution in [1.29, 1.82) is 0 Å². The van der Waals surface area contributed by atoms with Gasteiger partial charge in [0.15, 0.2) is 0 Å². The highest BCUT2D eigenvalue weighted by Gasteiger charge is 2.19. The van der Waals surface area contributed by atoms with Gasteiger partial charge in [-0.25, -0.2) is 4.79 Å². The van der Waals surface area contributed by atoms with Gasteiger partial charge in [-0.1, -0.05) is 20.8 Å². The van der Waals surface area contributed by atoms with Crippen molar-refractivity contribution in [2.45, 2.75) is 60.1 Å². The first-order valence-electron chi connectivity index (χ1n) is 8.45. The van der Waals surface area contributed by atoms with E-state index in [1.54, 1.807) is 11.3 Å². The third-order valence-electron chi connectivity index (χ3n) is 3.76. The molecule has 0 aliphatic carbocycles. The fourth-order valence-corrected chi connectivity index (χ4v) is 3.23. The minimum atomic E-state index is -0.453. The molecule has 1 aromatic heterocycles. The summed E-state index contributed by atoms with van der Waals surface area (Å²) in [6, 6.07) is 2.20. The molecule has 1 unspecified atom stereocenters. The number of hydrogen-bond acceptors (Lipinski definition) is 4. The van der Waals surface area contributed by atoms with Crippen LogP contribution < -0.4 is 10.6 Å². The number of carbonyl (C=O) groups is 1. The maximum Gasteiger partial charge on any atom is 0.407 e. The van der Waals surface area contributed by atoms with Crippen LogP contribution in [-0.4, -0.2) is 24.8 Å². The van der Waals surface area contributed by atoms with Crippen LogP contribution in [0, 0.1) is 11.8 Å². The highest BCUT2D eigenvalue weighted by molar-refractivity contribution is 7.10. The van der Waals surface area contributed by atoms with Gasteiger partial charge in [0.25, 0.3) is 0 Å². The Labute approximate surface area is 145 Å². The van der Waals surface area contributed by atoms with Gasteiger partial charge in [-0.3, -0.25) is 0 Å². The summed E-state index contributed by atoms with van der Waals surface area (Å²) in [5.74, 6) is 0.874. The fraction of sp³-hybridized carbons (Fsp3) is 0.722. The van der Waals surface area contributed by atoms with Gasteiger partial charge in [0.05, 0.1) is 0 Å². The zero-order chi connectivity index (χ0) is 17.5. The first kappa shape index (κ1) is 20.0. The van der Waals surface area contributed by atoms with Crippen LogP contribution in [0.4, 0.5) is 4.79 Å². The second-order valence-corrected chi connectivity index (χ2v) is 8.24. The number of ether oxygens (including phenoxy) is 1. The maximum absolute atomic E-state index is 11.8. The molecule has 0 aliphatic rings. The molecule has 1 atom stereocenters. The second kappa shape index (κ2) is 9.28. The lowest BCUT2D eigenvalue weighted by Crippen LogP contribution is -2.39. The highest BCUT2D eigenvalue weighted by atomic mass is 32.1. The third kappa shape index (κ3) is 7.84. The Morgan fingerprint density at radius 2 is 2.00 bits per heavy atom. The average Bonchev–Trinajstić information content (AvgIpc) is 2.87. The molecule has 4 nitrogen and oxygen atoms in total. The van der Waals surface area contributed by atoms with Crippen LogP contribution in [0.2, 0.25) is 0 Å². The van der Waals surface area contributed by atoms with E-state index >= 15 is 0 Å². The minimum absolute atomic E-state index is 0.338. The Bertz CT molecular complexity index is 478. The first-order valence-corrected chi connectivity index (χ1v) is 9.33. The van der Waals surface area contributed by atoms with E-state index in [0.29, 0.717) is 18.4 Å². The van der Waals surface area contributed by atoms with Gasteiger partial charge in [0.1, 0.15) is 5.60 Å². The molecule has 1 rings (SSSR count). The first-order chi connectivity index (χ1) is 10.7. The van der Waals surface area contributed by atoms with Gasteiger partial charge in [0, 0.05) is 24.5 Å². The van der Waals surface area contributed by atoms with Gasteiger partial charge in [-0.2, -0.15) is 0 Å². The average molecular weight is 341 g/mol. The topological polar surface area (TPSA) is 50.4 Å². The molecule has 1 amide bonds.